The van der Waals surface area contributed by atoms with Crippen molar-refractivity contribution in [3.05, 3.63) is 23.9 Å². The van der Waals surface area contributed by atoms with E-state index in [0.717, 1.165) is 18.1 Å². The normalized spacial score (nSPS) is 10.1. The smallest absolute Gasteiger partial charge is 0.171 e. The number of hydrogen-bond donors (Lipinski definition) is 2. The van der Waals surface area contributed by atoms with E-state index in [1.807, 2.05) is 25.1 Å². The molecule has 1 heterocycles. The summed E-state index contributed by atoms with van der Waals surface area (Å²) in [6, 6.07) is 5.81. The lowest BCUT2D eigenvalue weighted by atomic mass is 10.2. The van der Waals surface area contributed by atoms with Crippen molar-refractivity contribution in [2.45, 2.75) is 20.8 Å². The van der Waals surface area contributed by atoms with Gasteiger partial charge in [0.15, 0.2) is 5.11 Å². The van der Waals surface area contributed by atoms with E-state index in [0.29, 0.717) is 11.0 Å². The van der Waals surface area contributed by atoms with Crippen LogP contribution in [0.5, 0.6) is 0 Å². The van der Waals surface area contributed by atoms with Crippen LogP contribution in [0.1, 0.15) is 19.5 Å². The minimum absolute atomic E-state index is 0.579. The number of aryl methyl sites for hydroxylation is 1. The van der Waals surface area contributed by atoms with Gasteiger partial charge >= 0.3 is 0 Å². The zero-order chi connectivity index (χ0) is 11.3. The second-order valence-corrected chi connectivity index (χ2v) is 4.30. The largest absolute Gasteiger partial charge is 0.362 e. The molecule has 15 heavy (non-hydrogen) atoms. The van der Waals surface area contributed by atoms with Crippen LogP contribution in [0.15, 0.2) is 18.2 Å². The number of pyridine rings is 1. The lowest BCUT2D eigenvalue weighted by Crippen LogP contribution is -2.31. The number of nitrogens with zero attached hydrogens (tertiary/aromatic N) is 1. The van der Waals surface area contributed by atoms with Gasteiger partial charge in [0.25, 0.3) is 0 Å². The van der Waals surface area contributed by atoms with Gasteiger partial charge in [0.1, 0.15) is 5.82 Å². The molecule has 0 radical (unpaired) electrons. The number of thiocarbonyl (C=S) groups is 1. The molecule has 0 spiro atoms. The van der Waals surface area contributed by atoms with Crippen molar-refractivity contribution in [2.24, 2.45) is 5.92 Å². The van der Waals surface area contributed by atoms with E-state index in [9.17, 15) is 0 Å². The fourth-order valence-corrected chi connectivity index (χ4v) is 1.26. The lowest BCUT2D eigenvalue weighted by Gasteiger charge is -2.11. The van der Waals surface area contributed by atoms with Crippen molar-refractivity contribution >= 4 is 23.1 Å². The zero-order valence-electron chi connectivity index (χ0n) is 9.37. The van der Waals surface area contributed by atoms with Gasteiger partial charge in [-0.05, 0) is 37.2 Å². The maximum atomic E-state index is 5.14. The minimum atomic E-state index is 0.579. The van der Waals surface area contributed by atoms with Crippen molar-refractivity contribution in [1.82, 2.24) is 10.3 Å². The second kappa shape index (κ2) is 5.66. The summed E-state index contributed by atoms with van der Waals surface area (Å²) in [7, 11) is 0. The summed E-state index contributed by atoms with van der Waals surface area (Å²) >= 11 is 5.14. The third kappa shape index (κ3) is 4.74. The van der Waals surface area contributed by atoms with Crippen molar-refractivity contribution in [3.63, 3.8) is 0 Å². The molecule has 0 saturated heterocycles. The van der Waals surface area contributed by atoms with Crippen LogP contribution in [0.2, 0.25) is 0 Å². The molecule has 4 heteroatoms. The molecule has 3 nitrogen and oxygen atoms in total. The van der Waals surface area contributed by atoms with E-state index >= 15 is 0 Å². The van der Waals surface area contributed by atoms with Crippen molar-refractivity contribution in [2.75, 3.05) is 11.9 Å². The Balaban J connectivity index is 2.44. The molecule has 0 saturated carbocycles. The molecule has 1 aromatic rings. The molecule has 0 aliphatic heterocycles. The van der Waals surface area contributed by atoms with Crippen LogP contribution in [-0.2, 0) is 0 Å². The van der Waals surface area contributed by atoms with E-state index < -0.39 is 0 Å². The van der Waals surface area contributed by atoms with Gasteiger partial charge in [0.2, 0.25) is 0 Å². The molecule has 0 fully saturated rings. The average molecular weight is 223 g/mol. The SMILES string of the molecule is Cc1cccc(NC(=S)NCC(C)C)n1. The molecular weight excluding hydrogens is 206 g/mol. The summed E-state index contributed by atoms with van der Waals surface area (Å²) in [5.41, 5.74) is 0.978. The third-order valence-corrected chi connectivity index (χ3v) is 2.05. The van der Waals surface area contributed by atoms with E-state index in [1.165, 1.54) is 0 Å². The van der Waals surface area contributed by atoms with E-state index in [-0.39, 0.29) is 0 Å². The lowest BCUT2D eigenvalue weighted by molar-refractivity contribution is 0.627. The first-order chi connectivity index (χ1) is 7.08. The van der Waals surface area contributed by atoms with Gasteiger partial charge in [-0.15, -0.1) is 0 Å². The molecule has 0 aliphatic rings. The predicted octanol–water partition coefficient (Wildman–Crippen LogP) is 2.33. The number of anilines is 1. The van der Waals surface area contributed by atoms with Gasteiger partial charge in [0.05, 0.1) is 0 Å². The molecule has 0 bridgehead atoms. The summed E-state index contributed by atoms with van der Waals surface area (Å²) in [6.07, 6.45) is 0. The summed E-state index contributed by atoms with van der Waals surface area (Å²) in [5, 5.41) is 6.80. The van der Waals surface area contributed by atoms with Crippen LogP contribution in [0, 0.1) is 12.8 Å². The van der Waals surface area contributed by atoms with Crippen LogP contribution < -0.4 is 10.6 Å². The van der Waals surface area contributed by atoms with Gasteiger partial charge in [-0.2, -0.15) is 0 Å². The fraction of sp³-hybridized carbons (Fsp3) is 0.455. The van der Waals surface area contributed by atoms with Crippen LogP contribution in [0.4, 0.5) is 5.82 Å². The van der Waals surface area contributed by atoms with Gasteiger partial charge < -0.3 is 10.6 Å². The van der Waals surface area contributed by atoms with Gasteiger partial charge in [-0.1, -0.05) is 19.9 Å². The van der Waals surface area contributed by atoms with Gasteiger partial charge in [-0.25, -0.2) is 4.98 Å². The Bertz CT molecular complexity index is 336. The molecule has 0 amide bonds. The van der Waals surface area contributed by atoms with Crippen molar-refractivity contribution in [1.29, 1.82) is 0 Å². The molecular formula is C11H17N3S. The molecule has 1 rings (SSSR count). The summed E-state index contributed by atoms with van der Waals surface area (Å²) in [6.45, 7) is 7.11. The van der Waals surface area contributed by atoms with Crippen LogP contribution >= 0.6 is 12.2 Å². The monoisotopic (exact) mass is 223 g/mol. The molecule has 0 aromatic carbocycles. The highest BCUT2D eigenvalue weighted by atomic mass is 32.1. The Morgan fingerprint density at radius 1 is 1.47 bits per heavy atom. The summed E-state index contributed by atoms with van der Waals surface area (Å²) in [5.74, 6) is 1.37. The minimum Gasteiger partial charge on any atom is -0.362 e. The predicted molar refractivity (Wildman–Crippen MR) is 68.0 cm³/mol. The van der Waals surface area contributed by atoms with Crippen LogP contribution in [0.25, 0.3) is 0 Å². The first kappa shape index (κ1) is 11.9. The topological polar surface area (TPSA) is 37.0 Å². The van der Waals surface area contributed by atoms with E-state index in [4.69, 9.17) is 12.2 Å². The Kier molecular flexibility index (Phi) is 4.49. The summed E-state index contributed by atoms with van der Waals surface area (Å²) < 4.78 is 0. The Labute approximate surface area is 96.3 Å². The van der Waals surface area contributed by atoms with E-state index in [2.05, 4.69) is 29.5 Å². The highest BCUT2D eigenvalue weighted by Crippen LogP contribution is 2.03. The maximum Gasteiger partial charge on any atom is 0.171 e. The van der Waals surface area contributed by atoms with Crippen LogP contribution in [0.3, 0.4) is 0 Å². The zero-order valence-corrected chi connectivity index (χ0v) is 10.2. The van der Waals surface area contributed by atoms with E-state index in [1.54, 1.807) is 0 Å². The first-order valence-electron chi connectivity index (χ1n) is 5.06. The molecule has 82 valence electrons. The number of aromatic nitrogens is 1. The third-order valence-electron chi connectivity index (χ3n) is 1.80. The highest BCUT2D eigenvalue weighted by molar-refractivity contribution is 7.80. The van der Waals surface area contributed by atoms with Crippen molar-refractivity contribution < 1.29 is 0 Å². The highest BCUT2D eigenvalue weighted by Gasteiger charge is 1.99. The number of nitrogens with one attached hydrogen (secondary N) is 2. The first-order valence-corrected chi connectivity index (χ1v) is 5.47. The average Bonchev–Trinajstić information content (AvgIpc) is 2.15. The van der Waals surface area contributed by atoms with Crippen LogP contribution in [-0.4, -0.2) is 16.6 Å². The Morgan fingerprint density at radius 3 is 2.80 bits per heavy atom. The van der Waals surface area contributed by atoms with Crippen molar-refractivity contribution in [3.8, 4) is 0 Å². The molecule has 0 unspecified atom stereocenters. The second-order valence-electron chi connectivity index (χ2n) is 3.89. The van der Waals surface area contributed by atoms with Gasteiger partial charge in [-0.3, -0.25) is 0 Å². The number of hydrogen-bond acceptors (Lipinski definition) is 2. The Hall–Kier alpha value is -1.16. The maximum absolute atomic E-state index is 5.14. The summed E-state index contributed by atoms with van der Waals surface area (Å²) in [4.78, 5) is 4.30. The number of rotatable bonds is 3. The molecule has 2 N–H and O–H groups in total. The standard InChI is InChI=1S/C11H17N3S/c1-8(2)7-12-11(15)14-10-6-4-5-9(3)13-10/h4-6,8H,7H2,1-3H3,(H2,12,13,14,15). The molecule has 1 aromatic heterocycles. The Morgan fingerprint density at radius 2 is 2.20 bits per heavy atom. The quantitative estimate of drug-likeness (QED) is 0.771. The molecule has 0 atom stereocenters. The van der Waals surface area contributed by atoms with Gasteiger partial charge in [0, 0.05) is 12.2 Å². The molecule has 0 aliphatic carbocycles. The fourth-order valence-electron chi connectivity index (χ4n) is 1.07.